The molecular formula is C14H20BrNO. The number of hydrogen-bond donors (Lipinski definition) is 1. The third kappa shape index (κ3) is 3.38. The Kier molecular flexibility index (Phi) is 3.67. The number of benzene rings is 1. The van der Waals surface area contributed by atoms with Crippen molar-refractivity contribution in [3.8, 4) is 5.75 Å². The Morgan fingerprint density at radius 3 is 2.53 bits per heavy atom. The van der Waals surface area contributed by atoms with E-state index in [1.54, 1.807) is 0 Å². The maximum absolute atomic E-state index is 6.03. The monoisotopic (exact) mass is 297 g/mol. The van der Waals surface area contributed by atoms with Crippen LogP contribution in [0.5, 0.6) is 5.75 Å². The first-order valence-corrected chi connectivity index (χ1v) is 6.97. The first kappa shape index (κ1) is 12.7. The number of hydrogen-bond acceptors (Lipinski definition) is 2. The van der Waals surface area contributed by atoms with E-state index in [1.807, 2.05) is 18.2 Å². The lowest BCUT2D eigenvalue weighted by atomic mass is 9.76. The van der Waals surface area contributed by atoms with Crippen molar-refractivity contribution < 1.29 is 4.74 Å². The highest BCUT2D eigenvalue weighted by Gasteiger charge is 2.28. The van der Waals surface area contributed by atoms with Crippen LogP contribution in [0, 0.1) is 5.41 Å². The molecule has 3 heteroatoms. The Labute approximate surface area is 112 Å². The quantitative estimate of drug-likeness (QED) is 0.822. The van der Waals surface area contributed by atoms with Crippen molar-refractivity contribution in [2.45, 2.75) is 45.6 Å². The number of nitrogens with two attached hydrogens (primary N) is 1. The topological polar surface area (TPSA) is 35.2 Å². The fraction of sp³-hybridized carbons (Fsp3) is 0.571. The van der Waals surface area contributed by atoms with Gasteiger partial charge in [-0.2, -0.15) is 0 Å². The van der Waals surface area contributed by atoms with E-state index in [9.17, 15) is 0 Å². The van der Waals surface area contributed by atoms with E-state index in [-0.39, 0.29) is 0 Å². The number of anilines is 1. The highest BCUT2D eigenvalue weighted by molar-refractivity contribution is 9.10. The molecule has 17 heavy (non-hydrogen) atoms. The van der Waals surface area contributed by atoms with Crippen LogP contribution in [0.4, 0.5) is 5.69 Å². The molecule has 0 aliphatic heterocycles. The molecule has 2 nitrogen and oxygen atoms in total. The minimum atomic E-state index is 0.350. The second kappa shape index (κ2) is 4.89. The summed E-state index contributed by atoms with van der Waals surface area (Å²) in [5, 5.41) is 0. The lowest BCUT2D eigenvalue weighted by Gasteiger charge is -2.34. The molecule has 0 spiro atoms. The molecule has 0 saturated heterocycles. The fourth-order valence-electron chi connectivity index (χ4n) is 2.28. The molecule has 0 aromatic heterocycles. The molecule has 1 fully saturated rings. The Bertz CT molecular complexity index is 393. The number of halogens is 1. The van der Waals surface area contributed by atoms with Crippen LogP contribution < -0.4 is 10.5 Å². The third-order valence-corrected chi connectivity index (χ3v) is 4.16. The summed E-state index contributed by atoms with van der Waals surface area (Å²) in [6, 6.07) is 5.72. The van der Waals surface area contributed by atoms with Gasteiger partial charge in [0.15, 0.2) is 0 Å². The number of nitrogen functional groups attached to an aromatic ring is 1. The first-order chi connectivity index (χ1) is 7.96. The van der Waals surface area contributed by atoms with Crippen LogP contribution >= 0.6 is 15.9 Å². The highest BCUT2D eigenvalue weighted by Crippen LogP contribution is 2.37. The Hall–Kier alpha value is -0.700. The summed E-state index contributed by atoms with van der Waals surface area (Å²) in [4.78, 5) is 0. The molecule has 1 saturated carbocycles. The van der Waals surface area contributed by atoms with E-state index < -0.39 is 0 Å². The van der Waals surface area contributed by atoms with Crippen molar-refractivity contribution in [1.29, 1.82) is 0 Å². The third-order valence-electron chi connectivity index (χ3n) is 3.54. The smallest absolute Gasteiger partial charge is 0.134 e. The van der Waals surface area contributed by atoms with Gasteiger partial charge in [0, 0.05) is 5.69 Å². The summed E-state index contributed by atoms with van der Waals surface area (Å²) in [7, 11) is 0. The van der Waals surface area contributed by atoms with Gasteiger partial charge in [0.2, 0.25) is 0 Å². The molecule has 0 heterocycles. The van der Waals surface area contributed by atoms with Crippen molar-refractivity contribution in [3.63, 3.8) is 0 Å². The van der Waals surface area contributed by atoms with E-state index in [4.69, 9.17) is 10.5 Å². The molecule has 2 rings (SSSR count). The van der Waals surface area contributed by atoms with Gasteiger partial charge in [0.05, 0.1) is 10.6 Å². The molecule has 1 aliphatic carbocycles. The molecule has 1 aromatic rings. The molecule has 0 radical (unpaired) electrons. The van der Waals surface area contributed by atoms with E-state index >= 15 is 0 Å². The summed E-state index contributed by atoms with van der Waals surface area (Å²) >= 11 is 3.49. The summed E-state index contributed by atoms with van der Waals surface area (Å²) in [6.45, 7) is 4.67. The molecule has 2 N–H and O–H groups in total. The molecule has 0 amide bonds. The standard InChI is InChI=1S/C14H20BrNO/c1-14(2)7-5-11(6-8-14)17-13-4-3-10(16)9-12(13)15/h3-4,9,11H,5-8,16H2,1-2H3. The zero-order chi connectivity index (χ0) is 12.5. The van der Waals surface area contributed by atoms with Gasteiger partial charge in [-0.15, -0.1) is 0 Å². The molecule has 0 bridgehead atoms. The SMILES string of the molecule is CC1(C)CCC(Oc2ccc(N)cc2Br)CC1. The van der Waals surface area contributed by atoms with E-state index in [2.05, 4.69) is 29.8 Å². The number of ether oxygens (including phenoxy) is 1. The minimum absolute atomic E-state index is 0.350. The molecule has 94 valence electrons. The Morgan fingerprint density at radius 1 is 1.29 bits per heavy atom. The van der Waals surface area contributed by atoms with E-state index in [0.29, 0.717) is 11.5 Å². The predicted octanol–water partition coefficient (Wildman–Crippen LogP) is 4.38. The van der Waals surface area contributed by atoms with Crippen molar-refractivity contribution in [3.05, 3.63) is 22.7 Å². The fourth-order valence-corrected chi connectivity index (χ4v) is 2.77. The average Bonchev–Trinajstić information content (AvgIpc) is 2.25. The van der Waals surface area contributed by atoms with Crippen LogP contribution in [-0.4, -0.2) is 6.10 Å². The molecule has 0 unspecified atom stereocenters. The summed E-state index contributed by atoms with van der Waals surface area (Å²) in [6.07, 6.45) is 5.12. The summed E-state index contributed by atoms with van der Waals surface area (Å²) in [5.41, 5.74) is 6.95. The van der Waals surface area contributed by atoms with Crippen LogP contribution in [0.1, 0.15) is 39.5 Å². The predicted molar refractivity (Wildman–Crippen MR) is 75.2 cm³/mol. The number of rotatable bonds is 2. The summed E-state index contributed by atoms with van der Waals surface area (Å²) in [5.74, 6) is 0.906. The van der Waals surface area contributed by atoms with Gasteiger partial charge in [-0.05, 0) is 65.2 Å². The lowest BCUT2D eigenvalue weighted by molar-refractivity contribution is 0.0981. The first-order valence-electron chi connectivity index (χ1n) is 6.18. The zero-order valence-corrected chi connectivity index (χ0v) is 12.1. The van der Waals surface area contributed by atoms with Crippen LogP contribution in [-0.2, 0) is 0 Å². The maximum Gasteiger partial charge on any atom is 0.134 e. The second-order valence-electron chi connectivity index (χ2n) is 5.67. The lowest BCUT2D eigenvalue weighted by Crippen LogP contribution is -2.28. The zero-order valence-electron chi connectivity index (χ0n) is 10.5. The average molecular weight is 298 g/mol. The van der Waals surface area contributed by atoms with E-state index in [0.717, 1.165) is 28.8 Å². The van der Waals surface area contributed by atoms with Gasteiger partial charge in [0.25, 0.3) is 0 Å². The Morgan fingerprint density at radius 2 is 1.94 bits per heavy atom. The largest absolute Gasteiger partial charge is 0.489 e. The van der Waals surface area contributed by atoms with Gasteiger partial charge < -0.3 is 10.5 Å². The van der Waals surface area contributed by atoms with Crippen molar-refractivity contribution in [2.24, 2.45) is 5.41 Å². The Balaban J connectivity index is 1.98. The van der Waals surface area contributed by atoms with Crippen LogP contribution in [0.15, 0.2) is 22.7 Å². The maximum atomic E-state index is 6.03. The van der Waals surface area contributed by atoms with Crippen molar-refractivity contribution >= 4 is 21.6 Å². The molecular weight excluding hydrogens is 278 g/mol. The molecule has 1 aromatic carbocycles. The van der Waals surface area contributed by atoms with Gasteiger partial charge in [-0.1, -0.05) is 13.8 Å². The van der Waals surface area contributed by atoms with Crippen LogP contribution in [0.2, 0.25) is 0 Å². The normalized spacial score (nSPS) is 20.2. The van der Waals surface area contributed by atoms with Crippen molar-refractivity contribution in [1.82, 2.24) is 0 Å². The van der Waals surface area contributed by atoms with Gasteiger partial charge >= 0.3 is 0 Å². The van der Waals surface area contributed by atoms with E-state index in [1.165, 1.54) is 12.8 Å². The van der Waals surface area contributed by atoms with Crippen LogP contribution in [0.25, 0.3) is 0 Å². The van der Waals surface area contributed by atoms with Gasteiger partial charge in [-0.25, -0.2) is 0 Å². The summed E-state index contributed by atoms with van der Waals surface area (Å²) < 4.78 is 6.98. The minimum Gasteiger partial charge on any atom is -0.489 e. The highest BCUT2D eigenvalue weighted by atomic mass is 79.9. The van der Waals surface area contributed by atoms with Gasteiger partial charge in [0.1, 0.15) is 5.75 Å². The second-order valence-corrected chi connectivity index (χ2v) is 6.53. The molecule has 0 atom stereocenters. The van der Waals surface area contributed by atoms with Crippen molar-refractivity contribution in [2.75, 3.05) is 5.73 Å². The van der Waals surface area contributed by atoms with Crippen LogP contribution in [0.3, 0.4) is 0 Å². The molecule has 1 aliphatic rings. The van der Waals surface area contributed by atoms with Gasteiger partial charge in [-0.3, -0.25) is 0 Å².